The Hall–Kier alpha value is -1.39. The lowest BCUT2D eigenvalue weighted by atomic mass is 10.0. The number of anilines is 1. The van der Waals surface area contributed by atoms with E-state index >= 15 is 0 Å². The number of methoxy groups -OCH3 is 1. The Morgan fingerprint density at radius 2 is 2.10 bits per heavy atom. The number of hydrogen-bond donors (Lipinski definition) is 1. The topological polar surface area (TPSA) is 41.6 Å². The third-order valence-corrected chi connectivity index (χ3v) is 4.10. The number of ether oxygens (including phenoxy) is 1. The fourth-order valence-corrected chi connectivity index (χ4v) is 2.68. The first-order valence-electron chi connectivity index (χ1n) is 7.14. The first kappa shape index (κ1) is 15.0. The second kappa shape index (κ2) is 5.94. The average Bonchev–Trinajstić information content (AvgIpc) is 2.65. The molecule has 4 heteroatoms. The molecule has 1 aromatic rings. The number of rotatable bonds is 3. The van der Waals surface area contributed by atoms with Gasteiger partial charge in [-0.3, -0.25) is 4.79 Å². The lowest BCUT2D eigenvalue weighted by molar-refractivity contribution is -0.136. The highest BCUT2D eigenvalue weighted by atomic mass is 16.5. The van der Waals surface area contributed by atoms with E-state index < -0.39 is 5.60 Å². The van der Waals surface area contributed by atoms with Crippen molar-refractivity contribution in [1.29, 1.82) is 0 Å². The summed E-state index contributed by atoms with van der Waals surface area (Å²) in [7, 11) is 3.55. The van der Waals surface area contributed by atoms with Crippen LogP contribution in [0.25, 0.3) is 0 Å². The van der Waals surface area contributed by atoms with Gasteiger partial charge < -0.3 is 15.0 Å². The Bertz CT molecular complexity index is 485. The number of nitrogens with one attached hydrogen (secondary N) is 1. The molecule has 1 amide bonds. The van der Waals surface area contributed by atoms with Crippen LogP contribution in [0.1, 0.15) is 38.3 Å². The molecular formula is C16H24N2O2. The van der Waals surface area contributed by atoms with Gasteiger partial charge in [0.25, 0.3) is 5.91 Å². The second-order valence-corrected chi connectivity index (χ2v) is 5.71. The predicted octanol–water partition coefficient (Wildman–Crippen LogP) is 2.50. The number of carbonyl (C=O) groups is 1. The summed E-state index contributed by atoms with van der Waals surface area (Å²) in [6.45, 7) is 4.37. The number of amides is 1. The summed E-state index contributed by atoms with van der Waals surface area (Å²) in [5.41, 5.74) is 1.39. The van der Waals surface area contributed by atoms with Crippen LogP contribution in [-0.4, -0.2) is 32.2 Å². The number of fused-ring (bicyclic) bond motifs is 1. The zero-order chi connectivity index (χ0) is 14.8. The van der Waals surface area contributed by atoms with Gasteiger partial charge in [-0.25, -0.2) is 0 Å². The van der Waals surface area contributed by atoms with Crippen LogP contribution < -0.4 is 10.2 Å². The number of hydrogen-bond acceptors (Lipinski definition) is 3. The van der Waals surface area contributed by atoms with Gasteiger partial charge >= 0.3 is 0 Å². The molecule has 110 valence electrons. The van der Waals surface area contributed by atoms with E-state index in [1.807, 2.05) is 44.0 Å². The van der Waals surface area contributed by atoms with Gasteiger partial charge in [-0.1, -0.05) is 18.2 Å². The van der Waals surface area contributed by atoms with E-state index in [0.717, 1.165) is 25.1 Å². The van der Waals surface area contributed by atoms with Gasteiger partial charge in [0.05, 0.1) is 0 Å². The van der Waals surface area contributed by atoms with E-state index in [1.165, 1.54) is 5.56 Å². The molecule has 1 heterocycles. The van der Waals surface area contributed by atoms with Gasteiger partial charge in [0.2, 0.25) is 0 Å². The van der Waals surface area contributed by atoms with Crippen LogP contribution in [0.2, 0.25) is 0 Å². The summed E-state index contributed by atoms with van der Waals surface area (Å²) >= 11 is 0. The molecule has 0 saturated heterocycles. The Morgan fingerprint density at radius 3 is 2.75 bits per heavy atom. The van der Waals surface area contributed by atoms with Crippen LogP contribution in [0, 0.1) is 0 Å². The molecule has 0 radical (unpaired) electrons. The van der Waals surface area contributed by atoms with E-state index in [2.05, 4.69) is 11.4 Å². The first-order valence-corrected chi connectivity index (χ1v) is 7.14. The lowest BCUT2D eigenvalue weighted by Crippen LogP contribution is -2.47. The highest BCUT2D eigenvalue weighted by Crippen LogP contribution is 2.34. The summed E-state index contributed by atoms with van der Waals surface area (Å²) in [5, 5.41) is 3.34. The maximum absolute atomic E-state index is 12.7. The molecule has 20 heavy (non-hydrogen) atoms. The third-order valence-electron chi connectivity index (χ3n) is 4.10. The normalized spacial score (nSPS) is 19.4. The molecule has 1 aliphatic heterocycles. The number of para-hydroxylation sites is 1. The van der Waals surface area contributed by atoms with Crippen molar-refractivity contribution < 1.29 is 9.53 Å². The molecule has 0 fully saturated rings. The maximum atomic E-state index is 12.7. The van der Waals surface area contributed by atoms with Crippen molar-refractivity contribution in [1.82, 2.24) is 5.32 Å². The van der Waals surface area contributed by atoms with Gasteiger partial charge in [0, 0.05) is 25.4 Å². The SMILES string of the molecule is CNC1CCCN(C(=O)C(C)(C)OC)c2ccccc21. The van der Waals surface area contributed by atoms with E-state index in [-0.39, 0.29) is 5.91 Å². The van der Waals surface area contributed by atoms with Gasteiger partial charge in [-0.2, -0.15) is 0 Å². The molecule has 1 aliphatic rings. The molecule has 1 unspecified atom stereocenters. The zero-order valence-electron chi connectivity index (χ0n) is 12.8. The van der Waals surface area contributed by atoms with E-state index in [9.17, 15) is 4.79 Å². The summed E-state index contributed by atoms with van der Waals surface area (Å²) in [4.78, 5) is 14.6. The molecule has 0 saturated carbocycles. The fraction of sp³-hybridized carbons (Fsp3) is 0.562. The molecule has 1 atom stereocenters. The largest absolute Gasteiger partial charge is 0.369 e. The Morgan fingerprint density at radius 1 is 1.40 bits per heavy atom. The lowest BCUT2D eigenvalue weighted by Gasteiger charge is -2.31. The second-order valence-electron chi connectivity index (χ2n) is 5.71. The summed E-state index contributed by atoms with van der Waals surface area (Å²) in [6, 6.07) is 8.43. The van der Waals surface area contributed by atoms with E-state index in [4.69, 9.17) is 4.74 Å². The monoisotopic (exact) mass is 276 g/mol. The number of carbonyl (C=O) groups excluding carboxylic acids is 1. The van der Waals surface area contributed by atoms with Crippen LogP contribution >= 0.6 is 0 Å². The molecule has 0 aliphatic carbocycles. The Balaban J connectivity index is 2.42. The highest BCUT2D eigenvalue weighted by molar-refractivity contribution is 5.99. The molecule has 0 aromatic heterocycles. The van der Waals surface area contributed by atoms with Gasteiger partial charge in [-0.05, 0) is 45.4 Å². The molecular weight excluding hydrogens is 252 g/mol. The van der Waals surface area contributed by atoms with Crippen molar-refractivity contribution >= 4 is 11.6 Å². The average molecular weight is 276 g/mol. The van der Waals surface area contributed by atoms with Gasteiger partial charge in [0.15, 0.2) is 0 Å². The summed E-state index contributed by atoms with van der Waals surface area (Å²) < 4.78 is 5.35. The summed E-state index contributed by atoms with van der Waals surface area (Å²) in [6.07, 6.45) is 2.01. The highest BCUT2D eigenvalue weighted by Gasteiger charge is 2.35. The Kier molecular flexibility index (Phi) is 4.45. The standard InChI is InChI=1S/C16H24N2O2/c1-16(2,20-4)15(19)18-11-7-9-13(17-3)12-8-5-6-10-14(12)18/h5-6,8,10,13,17H,7,9,11H2,1-4H3. The van der Waals surface area contributed by atoms with Crippen LogP contribution in [-0.2, 0) is 9.53 Å². The minimum Gasteiger partial charge on any atom is -0.369 e. The van der Waals surface area contributed by atoms with Crippen LogP contribution in [0.5, 0.6) is 0 Å². The smallest absolute Gasteiger partial charge is 0.258 e. The van der Waals surface area contributed by atoms with Crippen molar-refractivity contribution in [3.63, 3.8) is 0 Å². The molecule has 4 nitrogen and oxygen atoms in total. The predicted molar refractivity (Wildman–Crippen MR) is 80.9 cm³/mol. The van der Waals surface area contributed by atoms with Crippen molar-refractivity contribution in [3.05, 3.63) is 29.8 Å². The number of nitrogens with zero attached hydrogens (tertiary/aromatic N) is 1. The van der Waals surface area contributed by atoms with Crippen molar-refractivity contribution in [2.45, 2.75) is 38.3 Å². The molecule has 1 N–H and O–H groups in total. The molecule has 1 aromatic carbocycles. The van der Waals surface area contributed by atoms with E-state index in [1.54, 1.807) is 7.11 Å². The zero-order valence-corrected chi connectivity index (χ0v) is 12.8. The quantitative estimate of drug-likeness (QED) is 0.922. The third kappa shape index (κ3) is 2.72. The molecule has 2 rings (SSSR count). The summed E-state index contributed by atoms with van der Waals surface area (Å²) in [5.74, 6) is 0.0178. The first-order chi connectivity index (χ1) is 9.51. The van der Waals surface area contributed by atoms with Crippen LogP contribution in [0.3, 0.4) is 0 Å². The van der Waals surface area contributed by atoms with Gasteiger partial charge in [0.1, 0.15) is 5.60 Å². The molecule has 0 spiro atoms. The Labute approximate surface area is 121 Å². The van der Waals surface area contributed by atoms with Crippen molar-refractivity contribution in [2.24, 2.45) is 0 Å². The van der Waals surface area contributed by atoms with Crippen molar-refractivity contribution in [2.75, 3.05) is 25.6 Å². The fourth-order valence-electron chi connectivity index (χ4n) is 2.68. The minimum absolute atomic E-state index is 0.0178. The maximum Gasteiger partial charge on any atom is 0.258 e. The van der Waals surface area contributed by atoms with Gasteiger partial charge in [-0.15, -0.1) is 0 Å². The minimum atomic E-state index is -0.799. The van der Waals surface area contributed by atoms with Crippen molar-refractivity contribution in [3.8, 4) is 0 Å². The molecule has 0 bridgehead atoms. The number of benzene rings is 1. The van der Waals surface area contributed by atoms with Crippen LogP contribution in [0.15, 0.2) is 24.3 Å². The van der Waals surface area contributed by atoms with Crippen LogP contribution in [0.4, 0.5) is 5.69 Å². The van der Waals surface area contributed by atoms with E-state index in [0.29, 0.717) is 6.04 Å².